The van der Waals surface area contributed by atoms with Gasteiger partial charge in [0.15, 0.2) is 0 Å². The second kappa shape index (κ2) is 6.63. The third kappa shape index (κ3) is 3.17. The average Bonchev–Trinajstić information content (AvgIpc) is 2.70. The summed E-state index contributed by atoms with van der Waals surface area (Å²) in [7, 11) is 1.90. The first-order valence-corrected chi connectivity index (χ1v) is 7.95. The van der Waals surface area contributed by atoms with Gasteiger partial charge < -0.3 is 0 Å². The van der Waals surface area contributed by atoms with Gasteiger partial charge in [0.1, 0.15) is 0 Å². The summed E-state index contributed by atoms with van der Waals surface area (Å²) >= 11 is 8.02. The Morgan fingerprint density at radius 3 is 2.50 bits per heavy atom. The Morgan fingerprint density at radius 1 is 1.40 bits per heavy atom. The number of nitrogens with zero attached hydrogens (tertiary/aromatic N) is 2. The molecule has 0 saturated heterocycles. The van der Waals surface area contributed by atoms with Crippen molar-refractivity contribution in [1.29, 1.82) is 0 Å². The minimum absolute atomic E-state index is 0.0122. The minimum atomic E-state index is 0.0122. The zero-order valence-corrected chi connectivity index (χ0v) is 13.4. The summed E-state index contributed by atoms with van der Waals surface area (Å²) in [4.78, 5) is 1.24. The summed E-state index contributed by atoms with van der Waals surface area (Å²) in [6.07, 6.45) is 2.76. The zero-order chi connectivity index (χ0) is 14.7. The number of hydrazine groups is 1. The number of halogens is 1. The van der Waals surface area contributed by atoms with Gasteiger partial charge in [-0.1, -0.05) is 23.7 Å². The molecule has 1 atom stereocenters. The Hall–Kier alpha value is -1.01. The van der Waals surface area contributed by atoms with E-state index < -0.39 is 0 Å². The van der Waals surface area contributed by atoms with Gasteiger partial charge in [0, 0.05) is 18.4 Å². The van der Waals surface area contributed by atoms with Crippen LogP contribution in [0.5, 0.6) is 0 Å². The molecule has 1 aromatic carbocycles. The average molecular weight is 311 g/mol. The second-order valence-electron chi connectivity index (χ2n) is 4.67. The number of nitrogens with two attached hydrogens (primary N) is 1. The van der Waals surface area contributed by atoms with Gasteiger partial charge in [-0.3, -0.25) is 16.0 Å². The topological polar surface area (TPSA) is 55.9 Å². The Labute approximate surface area is 128 Å². The predicted molar refractivity (Wildman–Crippen MR) is 84.9 cm³/mol. The Bertz CT molecular complexity index is 580. The van der Waals surface area contributed by atoms with Crippen molar-refractivity contribution in [3.8, 4) is 0 Å². The molecule has 1 heterocycles. The van der Waals surface area contributed by atoms with Crippen molar-refractivity contribution in [3.63, 3.8) is 0 Å². The molecular formula is C14H19ClN4S. The molecule has 0 amide bonds. The van der Waals surface area contributed by atoms with E-state index in [0.717, 1.165) is 17.0 Å². The maximum Gasteiger partial charge on any atom is 0.0847 e. The minimum Gasteiger partial charge on any atom is -0.271 e. The van der Waals surface area contributed by atoms with Gasteiger partial charge in [0.2, 0.25) is 0 Å². The number of hydrogen-bond donors (Lipinski definition) is 2. The molecule has 2 rings (SSSR count). The van der Waals surface area contributed by atoms with Crippen LogP contribution in [0.15, 0.2) is 29.2 Å². The highest BCUT2D eigenvalue weighted by Crippen LogP contribution is 2.26. The molecule has 4 nitrogen and oxygen atoms in total. The van der Waals surface area contributed by atoms with Crippen LogP contribution in [0.2, 0.25) is 5.02 Å². The fourth-order valence-electron chi connectivity index (χ4n) is 2.20. The standard InChI is InChI=1S/C14H19ClN4S/c1-9-14(15)13(19(2)18-9)8-12(17-16)10-4-6-11(20-3)7-5-10/h4-7,12,17H,8,16H2,1-3H3. The molecule has 0 fully saturated rings. The lowest BCUT2D eigenvalue weighted by Crippen LogP contribution is -2.30. The number of nitrogens with one attached hydrogen (secondary N) is 1. The summed E-state index contributed by atoms with van der Waals surface area (Å²) < 4.78 is 1.82. The zero-order valence-electron chi connectivity index (χ0n) is 11.9. The van der Waals surface area contributed by atoms with Crippen LogP contribution < -0.4 is 11.3 Å². The van der Waals surface area contributed by atoms with Gasteiger partial charge in [-0.25, -0.2) is 0 Å². The normalized spacial score (nSPS) is 12.7. The van der Waals surface area contributed by atoms with Crippen LogP contribution in [-0.2, 0) is 13.5 Å². The molecule has 0 bridgehead atoms. The van der Waals surface area contributed by atoms with Crippen LogP contribution >= 0.6 is 23.4 Å². The second-order valence-corrected chi connectivity index (χ2v) is 5.92. The number of thioether (sulfide) groups is 1. The molecule has 0 spiro atoms. The van der Waals surface area contributed by atoms with Crippen LogP contribution in [0.3, 0.4) is 0 Å². The number of rotatable bonds is 5. The Morgan fingerprint density at radius 2 is 2.05 bits per heavy atom. The smallest absolute Gasteiger partial charge is 0.0847 e. The summed E-state index contributed by atoms with van der Waals surface area (Å²) in [5.74, 6) is 5.70. The van der Waals surface area contributed by atoms with Gasteiger partial charge in [0.25, 0.3) is 0 Å². The maximum absolute atomic E-state index is 6.29. The van der Waals surface area contributed by atoms with Gasteiger partial charge in [-0.05, 0) is 30.9 Å². The number of benzene rings is 1. The summed E-state index contributed by atoms with van der Waals surface area (Å²) in [5.41, 5.74) is 5.83. The molecule has 0 aliphatic heterocycles. The van der Waals surface area contributed by atoms with Crippen molar-refractivity contribution < 1.29 is 0 Å². The van der Waals surface area contributed by atoms with Crippen LogP contribution in [0.1, 0.15) is 23.0 Å². The van der Waals surface area contributed by atoms with E-state index in [2.05, 4.69) is 41.0 Å². The van der Waals surface area contributed by atoms with E-state index in [0.29, 0.717) is 11.4 Å². The lowest BCUT2D eigenvalue weighted by molar-refractivity contribution is 0.530. The van der Waals surface area contributed by atoms with E-state index in [-0.39, 0.29) is 6.04 Å². The molecule has 0 aliphatic rings. The lowest BCUT2D eigenvalue weighted by Gasteiger charge is -2.17. The van der Waals surface area contributed by atoms with Crippen molar-refractivity contribution in [1.82, 2.24) is 15.2 Å². The largest absolute Gasteiger partial charge is 0.271 e. The van der Waals surface area contributed by atoms with E-state index in [4.69, 9.17) is 17.4 Å². The molecule has 1 unspecified atom stereocenters. The highest BCUT2D eigenvalue weighted by atomic mass is 35.5. The molecular weight excluding hydrogens is 292 g/mol. The summed E-state index contributed by atoms with van der Waals surface area (Å²) in [6.45, 7) is 1.91. The molecule has 0 aliphatic carbocycles. The molecule has 0 radical (unpaired) electrons. The highest BCUT2D eigenvalue weighted by molar-refractivity contribution is 7.98. The third-order valence-corrected chi connectivity index (χ3v) is 4.61. The quantitative estimate of drug-likeness (QED) is 0.506. The van der Waals surface area contributed by atoms with E-state index in [1.807, 2.05) is 18.7 Å². The first kappa shape index (κ1) is 15.4. The monoisotopic (exact) mass is 310 g/mol. The van der Waals surface area contributed by atoms with E-state index in [1.54, 1.807) is 11.8 Å². The Kier molecular flexibility index (Phi) is 5.10. The first-order valence-electron chi connectivity index (χ1n) is 6.34. The SMILES string of the molecule is CSc1ccc(C(Cc2c(Cl)c(C)nn2C)NN)cc1. The van der Waals surface area contributed by atoms with Gasteiger partial charge >= 0.3 is 0 Å². The van der Waals surface area contributed by atoms with Crippen LogP contribution in [0.4, 0.5) is 0 Å². The van der Waals surface area contributed by atoms with Crippen molar-refractivity contribution in [3.05, 3.63) is 46.2 Å². The predicted octanol–water partition coefficient (Wildman–Crippen LogP) is 2.85. The first-order chi connectivity index (χ1) is 9.56. The van der Waals surface area contributed by atoms with Crippen molar-refractivity contribution in [2.45, 2.75) is 24.3 Å². The van der Waals surface area contributed by atoms with Crippen LogP contribution in [0.25, 0.3) is 0 Å². The molecule has 2 aromatic rings. The van der Waals surface area contributed by atoms with Crippen LogP contribution in [0, 0.1) is 6.92 Å². The van der Waals surface area contributed by atoms with Crippen molar-refractivity contribution >= 4 is 23.4 Å². The molecule has 1 aromatic heterocycles. The number of aromatic nitrogens is 2. The summed E-state index contributed by atoms with van der Waals surface area (Å²) in [5, 5.41) is 5.05. The van der Waals surface area contributed by atoms with E-state index >= 15 is 0 Å². The maximum atomic E-state index is 6.29. The fraction of sp³-hybridized carbons (Fsp3) is 0.357. The molecule has 0 saturated carbocycles. The van der Waals surface area contributed by atoms with Crippen LogP contribution in [-0.4, -0.2) is 16.0 Å². The van der Waals surface area contributed by atoms with Gasteiger partial charge in [-0.2, -0.15) is 5.10 Å². The highest BCUT2D eigenvalue weighted by Gasteiger charge is 2.17. The molecule has 3 N–H and O–H groups in total. The Balaban J connectivity index is 2.23. The fourth-order valence-corrected chi connectivity index (χ4v) is 2.85. The van der Waals surface area contributed by atoms with Gasteiger partial charge in [0.05, 0.1) is 22.5 Å². The summed E-state index contributed by atoms with van der Waals surface area (Å²) in [6, 6.07) is 8.39. The van der Waals surface area contributed by atoms with E-state index in [9.17, 15) is 0 Å². The van der Waals surface area contributed by atoms with E-state index in [1.165, 1.54) is 4.90 Å². The van der Waals surface area contributed by atoms with Gasteiger partial charge in [-0.15, -0.1) is 11.8 Å². The van der Waals surface area contributed by atoms with Crippen molar-refractivity contribution in [2.75, 3.05) is 6.26 Å². The molecule has 108 valence electrons. The lowest BCUT2D eigenvalue weighted by atomic mass is 10.0. The molecule has 20 heavy (non-hydrogen) atoms. The van der Waals surface area contributed by atoms with Crippen molar-refractivity contribution in [2.24, 2.45) is 12.9 Å². The number of hydrogen-bond acceptors (Lipinski definition) is 4. The number of aryl methyl sites for hydroxylation is 2. The molecule has 6 heteroatoms. The third-order valence-electron chi connectivity index (χ3n) is 3.38.